The molecule has 0 unspecified atom stereocenters. The monoisotopic (exact) mass is 260 g/mol. The van der Waals surface area contributed by atoms with Gasteiger partial charge >= 0.3 is 0 Å². The Morgan fingerprint density at radius 2 is 1.67 bits per heavy atom. The van der Waals surface area contributed by atoms with Gasteiger partial charge < -0.3 is 0 Å². The molecule has 0 aliphatic carbocycles. The Kier molecular flexibility index (Phi) is 4.53. The Morgan fingerprint density at radius 1 is 1.00 bits per heavy atom. The van der Waals surface area contributed by atoms with Crippen molar-refractivity contribution in [3.63, 3.8) is 0 Å². The van der Waals surface area contributed by atoms with Gasteiger partial charge in [-0.05, 0) is 24.1 Å². The predicted octanol–water partition coefficient (Wildman–Crippen LogP) is 3.94. The molecule has 0 amide bonds. The molecule has 92 valence electrons. The maximum atomic E-state index is 12.7. The lowest BCUT2D eigenvalue weighted by Gasteiger charge is -2.01. The highest BCUT2D eigenvalue weighted by Crippen LogP contribution is 2.14. The number of hydrogen-bond acceptors (Lipinski definition) is 2. The van der Waals surface area contributed by atoms with Gasteiger partial charge in [0.2, 0.25) is 5.12 Å². The molecule has 0 aliphatic rings. The summed E-state index contributed by atoms with van der Waals surface area (Å²) in [5.74, 6) is 0.478. The van der Waals surface area contributed by atoms with Crippen LogP contribution < -0.4 is 0 Å². The molecule has 0 spiro atoms. The minimum absolute atomic E-state index is 0.0812. The average molecular weight is 260 g/mol. The van der Waals surface area contributed by atoms with Crippen molar-refractivity contribution in [2.45, 2.75) is 6.42 Å². The third-order valence-corrected chi connectivity index (χ3v) is 3.45. The van der Waals surface area contributed by atoms with E-state index in [2.05, 4.69) is 0 Å². The molecule has 0 fully saturated rings. The first-order valence-electron chi connectivity index (χ1n) is 5.72. The lowest BCUT2D eigenvalue weighted by molar-refractivity contribution is 0.108. The Bertz CT molecular complexity index is 508. The van der Waals surface area contributed by atoms with E-state index in [0.29, 0.717) is 5.75 Å². The second-order valence-electron chi connectivity index (χ2n) is 3.88. The Balaban J connectivity index is 1.82. The van der Waals surface area contributed by atoms with Gasteiger partial charge in [0.25, 0.3) is 0 Å². The fourth-order valence-corrected chi connectivity index (χ4v) is 2.40. The SMILES string of the molecule is O=C(SCCc1ccc(F)cc1)c1ccccc1. The summed E-state index contributed by atoms with van der Waals surface area (Å²) in [7, 11) is 0. The first-order chi connectivity index (χ1) is 8.75. The van der Waals surface area contributed by atoms with E-state index in [4.69, 9.17) is 0 Å². The van der Waals surface area contributed by atoms with Gasteiger partial charge in [0.05, 0.1) is 0 Å². The molecule has 3 heteroatoms. The van der Waals surface area contributed by atoms with Crippen LogP contribution in [-0.4, -0.2) is 10.9 Å². The Labute approximate surface area is 110 Å². The minimum atomic E-state index is -0.230. The molecule has 1 nitrogen and oxygen atoms in total. The van der Waals surface area contributed by atoms with E-state index >= 15 is 0 Å². The van der Waals surface area contributed by atoms with Gasteiger partial charge in [0.15, 0.2) is 0 Å². The van der Waals surface area contributed by atoms with E-state index in [9.17, 15) is 9.18 Å². The largest absolute Gasteiger partial charge is 0.282 e. The topological polar surface area (TPSA) is 17.1 Å². The molecule has 2 aromatic carbocycles. The van der Waals surface area contributed by atoms with Crippen LogP contribution in [0.4, 0.5) is 4.39 Å². The molecule has 18 heavy (non-hydrogen) atoms. The third kappa shape index (κ3) is 3.70. The summed E-state index contributed by atoms with van der Waals surface area (Å²) in [6, 6.07) is 15.6. The van der Waals surface area contributed by atoms with E-state index in [-0.39, 0.29) is 10.9 Å². The highest BCUT2D eigenvalue weighted by molar-refractivity contribution is 8.14. The van der Waals surface area contributed by atoms with Gasteiger partial charge in [0.1, 0.15) is 5.82 Å². The van der Waals surface area contributed by atoms with Crippen molar-refractivity contribution in [1.82, 2.24) is 0 Å². The molecule has 0 saturated heterocycles. The maximum Gasteiger partial charge on any atom is 0.219 e. The van der Waals surface area contributed by atoms with E-state index in [1.807, 2.05) is 30.3 Å². The highest BCUT2D eigenvalue weighted by atomic mass is 32.2. The standard InChI is InChI=1S/C15H13FOS/c16-14-8-6-12(7-9-14)10-11-18-15(17)13-4-2-1-3-5-13/h1-9H,10-11H2. The lowest BCUT2D eigenvalue weighted by atomic mass is 10.2. The van der Waals surface area contributed by atoms with Crippen LogP contribution in [0.5, 0.6) is 0 Å². The summed E-state index contributed by atoms with van der Waals surface area (Å²) < 4.78 is 12.7. The van der Waals surface area contributed by atoms with Crippen molar-refractivity contribution in [1.29, 1.82) is 0 Å². The van der Waals surface area contributed by atoms with Crippen LogP contribution in [-0.2, 0) is 6.42 Å². The van der Waals surface area contributed by atoms with Crippen LogP contribution >= 0.6 is 11.8 Å². The number of thioether (sulfide) groups is 1. The number of halogens is 1. The van der Waals surface area contributed by atoms with Crippen LogP contribution in [0.15, 0.2) is 54.6 Å². The van der Waals surface area contributed by atoms with Crippen LogP contribution in [0, 0.1) is 5.82 Å². The van der Waals surface area contributed by atoms with Crippen molar-refractivity contribution in [2.75, 3.05) is 5.75 Å². The molecule has 2 aromatic rings. The fraction of sp³-hybridized carbons (Fsp3) is 0.133. The summed E-state index contributed by atoms with van der Waals surface area (Å²) >= 11 is 1.30. The Morgan fingerprint density at radius 3 is 2.33 bits per heavy atom. The summed E-state index contributed by atoms with van der Waals surface area (Å²) in [6.45, 7) is 0. The number of hydrogen-bond donors (Lipinski definition) is 0. The van der Waals surface area contributed by atoms with Crippen molar-refractivity contribution in [3.05, 3.63) is 71.5 Å². The average Bonchev–Trinajstić information content (AvgIpc) is 2.42. The number of aryl methyl sites for hydroxylation is 1. The summed E-state index contributed by atoms with van der Waals surface area (Å²) in [4.78, 5) is 11.8. The van der Waals surface area contributed by atoms with Crippen LogP contribution in [0.25, 0.3) is 0 Å². The number of rotatable bonds is 4. The minimum Gasteiger partial charge on any atom is -0.282 e. The molecular formula is C15H13FOS. The quantitative estimate of drug-likeness (QED) is 0.828. The normalized spacial score (nSPS) is 10.3. The smallest absolute Gasteiger partial charge is 0.219 e. The van der Waals surface area contributed by atoms with E-state index in [1.54, 1.807) is 12.1 Å². The number of carbonyl (C=O) groups is 1. The second kappa shape index (κ2) is 6.36. The molecule has 0 bridgehead atoms. The molecular weight excluding hydrogens is 247 g/mol. The zero-order valence-electron chi connectivity index (χ0n) is 9.80. The summed E-state index contributed by atoms with van der Waals surface area (Å²) in [6.07, 6.45) is 0.767. The molecule has 0 aliphatic heterocycles. The van der Waals surface area contributed by atoms with Gasteiger partial charge in [-0.3, -0.25) is 4.79 Å². The second-order valence-corrected chi connectivity index (χ2v) is 4.95. The molecule has 0 radical (unpaired) electrons. The van der Waals surface area contributed by atoms with E-state index in [1.165, 1.54) is 23.9 Å². The van der Waals surface area contributed by atoms with E-state index < -0.39 is 0 Å². The molecule has 0 saturated carbocycles. The lowest BCUT2D eigenvalue weighted by Crippen LogP contribution is -1.96. The predicted molar refractivity (Wildman–Crippen MR) is 73.3 cm³/mol. The van der Waals surface area contributed by atoms with Gasteiger partial charge in [-0.1, -0.05) is 54.2 Å². The summed E-state index contributed by atoms with van der Waals surface area (Å²) in [5, 5.41) is 0.0812. The number of carbonyl (C=O) groups excluding carboxylic acids is 1. The molecule has 0 heterocycles. The zero-order chi connectivity index (χ0) is 12.8. The van der Waals surface area contributed by atoms with Crippen molar-refractivity contribution < 1.29 is 9.18 Å². The van der Waals surface area contributed by atoms with Gasteiger partial charge in [-0.25, -0.2) is 4.39 Å². The van der Waals surface area contributed by atoms with Crippen molar-refractivity contribution >= 4 is 16.9 Å². The van der Waals surface area contributed by atoms with Crippen LogP contribution in [0.1, 0.15) is 15.9 Å². The first-order valence-corrected chi connectivity index (χ1v) is 6.71. The Hall–Kier alpha value is -1.61. The van der Waals surface area contributed by atoms with Gasteiger partial charge in [-0.15, -0.1) is 0 Å². The highest BCUT2D eigenvalue weighted by Gasteiger charge is 2.05. The summed E-state index contributed by atoms with van der Waals surface area (Å²) in [5.41, 5.74) is 1.77. The molecule has 0 atom stereocenters. The number of benzene rings is 2. The molecule has 0 aromatic heterocycles. The van der Waals surface area contributed by atoms with Crippen LogP contribution in [0.3, 0.4) is 0 Å². The van der Waals surface area contributed by atoms with E-state index in [0.717, 1.165) is 17.5 Å². The molecule has 2 rings (SSSR count). The molecule has 0 N–H and O–H groups in total. The van der Waals surface area contributed by atoms with Gasteiger partial charge in [0, 0.05) is 11.3 Å². The first kappa shape index (κ1) is 12.8. The van der Waals surface area contributed by atoms with Crippen LogP contribution in [0.2, 0.25) is 0 Å². The van der Waals surface area contributed by atoms with Crippen molar-refractivity contribution in [2.24, 2.45) is 0 Å². The zero-order valence-corrected chi connectivity index (χ0v) is 10.6. The van der Waals surface area contributed by atoms with Gasteiger partial charge in [-0.2, -0.15) is 0 Å². The maximum absolute atomic E-state index is 12.7. The third-order valence-electron chi connectivity index (χ3n) is 2.55. The fourth-order valence-electron chi connectivity index (χ4n) is 1.57. The van der Waals surface area contributed by atoms with Crippen molar-refractivity contribution in [3.8, 4) is 0 Å².